The predicted molar refractivity (Wildman–Crippen MR) is 42.6 cm³/mol. The second kappa shape index (κ2) is 5.39. The van der Waals surface area contributed by atoms with Crippen molar-refractivity contribution in [1.29, 1.82) is 0 Å². The van der Waals surface area contributed by atoms with Crippen LogP contribution in [0.15, 0.2) is 0 Å². The van der Waals surface area contributed by atoms with Crippen molar-refractivity contribution in [1.82, 2.24) is 0 Å². The van der Waals surface area contributed by atoms with Crippen molar-refractivity contribution in [2.24, 2.45) is 0 Å². The van der Waals surface area contributed by atoms with E-state index < -0.39 is 25.0 Å². The van der Waals surface area contributed by atoms with Gasteiger partial charge in [-0.3, -0.25) is 0 Å². The Kier molecular flexibility index (Phi) is 4.76. The minimum absolute atomic E-state index is 0.184. The fourth-order valence-electron chi connectivity index (χ4n) is 1.25. The Morgan fingerprint density at radius 1 is 1.71 bits per heavy atom. The van der Waals surface area contributed by atoms with Gasteiger partial charge in [-0.05, 0) is 0 Å². The van der Waals surface area contributed by atoms with Gasteiger partial charge in [-0.15, -0.1) is 0 Å². The monoisotopic (exact) mass is 392 g/mol. The second-order valence-corrected chi connectivity index (χ2v) is 8.24. The normalized spacial score (nSPS) is 32.1. The summed E-state index contributed by atoms with van der Waals surface area (Å²) in [4.78, 5) is 20.3. The molecule has 1 rings (SSSR count). The molecule has 78 valence electrons. The molecule has 1 aliphatic heterocycles. The van der Waals surface area contributed by atoms with Crippen LogP contribution in [0.2, 0.25) is 3.93 Å². The minimum atomic E-state index is -1.59. The molecule has 0 bridgehead atoms. The molecule has 0 N–H and O–H groups in total. The zero-order valence-corrected chi connectivity index (χ0v) is 14.2. The van der Waals surface area contributed by atoms with Gasteiger partial charge >= 0.3 is 96.1 Å². The molecule has 6 heteroatoms. The van der Waals surface area contributed by atoms with Gasteiger partial charge in [0.15, 0.2) is 0 Å². The van der Waals surface area contributed by atoms with E-state index in [0.29, 0.717) is 6.61 Å². The van der Waals surface area contributed by atoms with Crippen LogP contribution < -0.4 is 0 Å². The summed E-state index contributed by atoms with van der Waals surface area (Å²) < 4.78 is 11.4. The van der Waals surface area contributed by atoms with Crippen molar-refractivity contribution < 1.29 is 47.0 Å². The van der Waals surface area contributed by atoms with Gasteiger partial charge in [-0.1, -0.05) is 0 Å². The Morgan fingerprint density at radius 2 is 2.43 bits per heavy atom. The van der Waals surface area contributed by atoms with Crippen molar-refractivity contribution in [2.45, 2.75) is 36.6 Å². The Bertz CT molecular complexity index is 210. The number of rotatable bonds is 3. The van der Waals surface area contributed by atoms with Crippen LogP contribution in [0.4, 0.5) is 0 Å². The summed E-state index contributed by atoms with van der Waals surface area (Å²) in [5.41, 5.74) is -0.339. The van der Waals surface area contributed by atoms with Gasteiger partial charge in [0.1, 0.15) is 0 Å². The van der Waals surface area contributed by atoms with Crippen LogP contribution >= 0.6 is 0 Å². The number of carbonyl (C=O) groups excluding carboxylic acids is 1. The third kappa shape index (κ3) is 4.21. The first-order valence-electron chi connectivity index (χ1n) is 4.61. The van der Waals surface area contributed by atoms with E-state index >= 15 is 0 Å². The van der Waals surface area contributed by atoms with E-state index in [2.05, 4.69) is 0 Å². The predicted octanol–water partition coefficient (Wildman–Crippen LogP) is 1.05. The molecule has 1 fully saturated rings. The van der Waals surface area contributed by atoms with Crippen LogP contribution in [0.25, 0.3) is 0 Å². The van der Waals surface area contributed by atoms with Crippen LogP contribution in [0.3, 0.4) is 0 Å². The summed E-state index contributed by atoms with van der Waals surface area (Å²) >= 11 is -1.59. The van der Waals surface area contributed by atoms with E-state index in [1.165, 1.54) is 6.92 Å². The molecule has 0 spiro atoms. The molecule has 0 radical (unpaired) electrons. The molecule has 0 aromatic heterocycles. The fourth-order valence-corrected chi connectivity index (χ4v) is 5.46. The molecule has 0 aliphatic carbocycles. The molecule has 14 heavy (non-hydrogen) atoms. The van der Waals surface area contributed by atoms with E-state index in [1.54, 1.807) is 6.92 Å². The molecule has 0 aromatic rings. The maximum absolute atomic E-state index is 10.6. The molecular weight excluding hydrogens is 377 g/mol. The first-order valence-corrected chi connectivity index (χ1v) is 10.7. The zero-order valence-electron chi connectivity index (χ0n) is 8.74. The summed E-state index contributed by atoms with van der Waals surface area (Å²) in [6, 6.07) is 0. The van der Waals surface area contributed by atoms with Gasteiger partial charge in [0.25, 0.3) is 0 Å². The summed E-state index contributed by atoms with van der Waals surface area (Å²) in [5.74, 6) is -0.184. The third-order valence-electron chi connectivity index (χ3n) is 1.95. The van der Waals surface area contributed by atoms with Gasteiger partial charge in [-0.25, -0.2) is 0 Å². The molecule has 5 nitrogen and oxygen atoms in total. The van der Waals surface area contributed by atoms with Crippen LogP contribution in [-0.2, 0) is 47.0 Å². The second-order valence-electron chi connectivity index (χ2n) is 3.58. The molecular formula is C8H14HgO5. The van der Waals surface area contributed by atoms with Crippen LogP contribution in [0.5, 0.6) is 0 Å². The summed E-state index contributed by atoms with van der Waals surface area (Å²) in [6.07, 6.45) is -0.348. The quantitative estimate of drug-likeness (QED) is 0.532. The molecule has 2 atom stereocenters. The maximum atomic E-state index is 10.6. The SMILES string of the molecule is CC(=O)[O][Hg][CH2][C@@]1(C)COO[C@H](C)O1. The van der Waals surface area contributed by atoms with Crippen LogP contribution in [0, 0.1) is 0 Å². The fraction of sp³-hybridized carbons (Fsp3) is 0.875. The van der Waals surface area contributed by atoms with Crippen LogP contribution in [-0.4, -0.2) is 24.5 Å². The Hall–Kier alpha value is 0.285. The molecule has 1 saturated heterocycles. The number of ether oxygens (including phenoxy) is 1. The van der Waals surface area contributed by atoms with E-state index in [9.17, 15) is 4.79 Å². The Labute approximate surface area is 96.1 Å². The van der Waals surface area contributed by atoms with E-state index in [4.69, 9.17) is 17.2 Å². The van der Waals surface area contributed by atoms with Gasteiger partial charge < -0.3 is 0 Å². The van der Waals surface area contributed by atoms with E-state index in [-0.39, 0.29) is 17.9 Å². The Morgan fingerprint density at radius 3 is 3.00 bits per heavy atom. The summed E-state index contributed by atoms with van der Waals surface area (Å²) in [5, 5.41) is 0. The molecule has 1 heterocycles. The van der Waals surface area contributed by atoms with E-state index in [0.717, 1.165) is 3.93 Å². The van der Waals surface area contributed by atoms with Gasteiger partial charge in [0.2, 0.25) is 0 Å². The molecule has 0 saturated carbocycles. The molecule has 0 unspecified atom stereocenters. The van der Waals surface area contributed by atoms with E-state index in [1.807, 2.05) is 6.92 Å². The standard InChI is InChI=1S/C6H11O3.C2H4O2.Hg/c1-5-8-6(2,3)4-7-9-5;1-2(3)4;/h5H,2,4H2,1,3H3;1H3,(H,3,4);/q;;+1/p-1/t5-,6-;;/m1../s1. The average molecular weight is 391 g/mol. The Balaban J connectivity index is 2.29. The zero-order chi connectivity index (χ0) is 10.6. The van der Waals surface area contributed by atoms with Crippen molar-refractivity contribution in [3.05, 3.63) is 0 Å². The first-order chi connectivity index (χ1) is 6.52. The van der Waals surface area contributed by atoms with Gasteiger partial charge in [0.05, 0.1) is 0 Å². The van der Waals surface area contributed by atoms with Gasteiger partial charge in [-0.2, -0.15) is 0 Å². The summed E-state index contributed by atoms with van der Waals surface area (Å²) in [6.45, 7) is 5.57. The van der Waals surface area contributed by atoms with Crippen molar-refractivity contribution in [2.75, 3.05) is 6.61 Å². The number of carbonyl (C=O) groups is 1. The average Bonchev–Trinajstić information content (AvgIpc) is 2.01. The molecule has 1 aliphatic rings. The van der Waals surface area contributed by atoms with Crippen molar-refractivity contribution in [3.8, 4) is 0 Å². The summed E-state index contributed by atoms with van der Waals surface area (Å²) in [7, 11) is 0. The first kappa shape index (κ1) is 12.4. The number of hydrogen-bond donors (Lipinski definition) is 0. The molecule has 0 aromatic carbocycles. The topological polar surface area (TPSA) is 54.0 Å². The van der Waals surface area contributed by atoms with Crippen molar-refractivity contribution in [3.63, 3.8) is 0 Å². The van der Waals surface area contributed by atoms with Crippen LogP contribution in [0.1, 0.15) is 20.8 Å². The number of hydrogen-bond acceptors (Lipinski definition) is 5. The van der Waals surface area contributed by atoms with Gasteiger partial charge in [0, 0.05) is 0 Å². The molecule has 0 amide bonds. The third-order valence-corrected chi connectivity index (χ3v) is 9.23. The van der Waals surface area contributed by atoms with Crippen molar-refractivity contribution >= 4 is 5.97 Å².